The molecule has 0 heterocycles. The third-order valence-electron chi connectivity index (χ3n) is 4.88. The van der Waals surface area contributed by atoms with Crippen molar-refractivity contribution in [3.8, 4) is 0 Å². The van der Waals surface area contributed by atoms with Gasteiger partial charge in [0, 0.05) is 11.4 Å². The summed E-state index contributed by atoms with van der Waals surface area (Å²) in [5.74, 6) is -7.32. The second kappa shape index (κ2) is 10.2. The minimum Gasteiger partial charge on any atom is -0.478 e. The lowest BCUT2D eigenvalue weighted by Crippen LogP contribution is -2.18. The number of hydrogen-bond acceptors (Lipinski definition) is 6. The van der Waals surface area contributed by atoms with Crippen LogP contribution in [0.1, 0.15) is 62.1 Å². The molecule has 3 aromatic rings. The Labute approximate surface area is 201 Å². The summed E-state index contributed by atoms with van der Waals surface area (Å²) in [7, 11) is 0. The van der Waals surface area contributed by atoms with Crippen molar-refractivity contribution in [2.75, 3.05) is 10.6 Å². The van der Waals surface area contributed by atoms with Crippen molar-refractivity contribution >= 4 is 47.1 Å². The molecule has 2 amide bonds. The quantitative estimate of drug-likeness (QED) is 0.271. The molecule has 3 aromatic carbocycles. The van der Waals surface area contributed by atoms with Crippen LogP contribution in [0.15, 0.2) is 60.7 Å². The summed E-state index contributed by atoms with van der Waals surface area (Å²) in [6, 6.07) is 11.4. The van der Waals surface area contributed by atoms with E-state index in [4.69, 9.17) is 10.2 Å². The second-order valence-corrected chi connectivity index (χ2v) is 7.23. The third kappa shape index (κ3) is 5.51. The summed E-state index contributed by atoms with van der Waals surface area (Å²) in [5.41, 5.74) is -1.77. The predicted octanol–water partition coefficient (Wildman–Crippen LogP) is 2.98. The molecule has 0 atom stereocenters. The van der Waals surface area contributed by atoms with Crippen molar-refractivity contribution in [1.29, 1.82) is 0 Å². The number of anilines is 2. The molecule has 0 aromatic heterocycles. The van der Waals surface area contributed by atoms with Crippen LogP contribution in [0, 0.1) is 0 Å². The molecule has 0 radical (unpaired) electrons. The van der Waals surface area contributed by atoms with Gasteiger partial charge in [0.15, 0.2) is 0 Å². The Bertz CT molecular complexity index is 1320. The summed E-state index contributed by atoms with van der Waals surface area (Å²) in [6.45, 7) is 0. The number of carboxylic acids is 4. The number of hydrogen-bond donors (Lipinski definition) is 6. The highest BCUT2D eigenvalue weighted by atomic mass is 16.4. The van der Waals surface area contributed by atoms with Gasteiger partial charge in [-0.05, 0) is 60.7 Å². The first kappa shape index (κ1) is 25.1. The zero-order valence-corrected chi connectivity index (χ0v) is 18.0. The van der Waals surface area contributed by atoms with Gasteiger partial charge in [0.25, 0.3) is 11.8 Å². The van der Waals surface area contributed by atoms with Crippen LogP contribution in [-0.4, -0.2) is 56.1 Å². The van der Waals surface area contributed by atoms with Crippen LogP contribution in [0.2, 0.25) is 0 Å². The standard InChI is InChI=1S/C24H16N2O10/c27-19(17-9-11(21(29)30)1-7-15(17)23(33)34)25-13-3-5-14(6-4-13)26-20(28)18-10-12(22(31)32)2-8-16(18)24(35)36/h1-10H,(H,25,27)(H,26,28)(H,29,30)(H,31,32)(H,33,34)(H,35,36). The van der Waals surface area contributed by atoms with E-state index in [0.717, 1.165) is 36.4 Å². The maximum atomic E-state index is 12.6. The molecule has 0 aliphatic heterocycles. The van der Waals surface area contributed by atoms with Crippen molar-refractivity contribution in [3.63, 3.8) is 0 Å². The first-order valence-electron chi connectivity index (χ1n) is 9.92. The molecule has 0 saturated heterocycles. The molecule has 6 N–H and O–H groups in total. The van der Waals surface area contributed by atoms with Gasteiger partial charge in [0.1, 0.15) is 0 Å². The fourth-order valence-corrected chi connectivity index (χ4v) is 3.14. The Balaban J connectivity index is 1.80. The Kier molecular flexibility index (Phi) is 7.10. The van der Waals surface area contributed by atoms with Gasteiger partial charge < -0.3 is 31.1 Å². The van der Waals surface area contributed by atoms with Crippen molar-refractivity contribution in [2.24, 2.45) is 0 Å². The van der Waals surface area contributed by atoms with E-state index >= 15 is 0 Å². The van der Waals surface area contributed by atoms with Gasteiger partial charge in [-0.2, -0.15) is 0 Å². The SMILES string of the molecule is O=C(O)c1ccc(C(=O)O)c(C(=O)Nc2ccc(NC(=O)c3cc(C(=O)O)ccc3C(=O)O)cc2)c1. The third-order valence-corrected chi connectivity index (χ3v) is 4.88. The van der Waals surface area contributed by atoms with E-state index in [1.54, 1.807) is 0 Å². The highest BCUT2D eigenvalue weighted by Gasteiger charge is 2.21. The zero-order chi connectivity index (χ0) is 26.6. The first-order valence-corrected chi connectivity index (χ1v) is 9.92. The molecular weight excluding hydrogens is 476 g/mol. The monoisotopic (exact) mass is 492 g/mol. The van der Waals surface area contributed by atoms with E-state index in [1.165, 1.54) is 24.3 Å². The largest absolute Gasteiger partial charge is 0.478 e. The van der Waals surface area contributed by atoms with Crippen LogP contribution < -0.4 is 10.6 Å². The average molecular weight is 492 g/mol. The molecule has 182 valence electrons. The van der Waals surface area contributed by atoms with Crippen LogP contribution in [-0.2, 0) is 0 Å². The summed E-state index contributed by atoms with van der Waals surface area (Å²) < 4.78 is 0. The van der Waals surface area contributed by atoms with Gasteiger partial charge in [-0.25, -0.2) is 19.2 Å². The maximum Gasteiger partial charge on any atom is 0.336 e. The Morgan fingerprint density at radius 1 is 0.444 bits per heavy atom. The Morgan fingerprint density at radius 2 is 0.778 bits per heavy atom. The Morgan fingerprint density at radius 3 is 1.06 bits per heavy atom. The van der Waals surface area contributed by atoms with Gasteiger partial charge in [-0.15, -0.1) is 0 Å². The molecular formula is C24H16N2O10. The van der Waals surface area contributed by atoms with Crippen molar-refractivity contribution in [1.82, 2.24) is 0 Å². The summed E-state index contributed by atoms with van der Waals surface area (Å²) >= 11 is 0. The first-order chi connectivity index (χ1) is 17.0. The fourth-order valence-electron chi connectivity index (χ4n) is 3.14. The number of aromatic carboxylic acids is 4. The van der Waals surface area contributed by atoms with E-state index < -0.39 is 46.8 Å². The van der Waals surface area contributed by atoms with Crippen LogP contribution in [0.5, 0.6) is 0 Å². The number of carbonyl (C=O) groups excluding carboxylic acids is 2. The van der Waals surface area contributed by atoms with E-state index in [0.29, 0.717) is 0 Å². The minimum atomic E-state index is -1.43. The van der Waals surface area contributed by atoms with E-state index in [-0.39, 0.29) is 33.6 Å². The normalized spacial score (nSPS) is 10.2. The number of benzene rings is 3. The molecule has 0 fully saturated rings. The highest BCUT2D eigenvalue weighted by molar-refractivity contribution is 6.13. The molecule has 36 heavy (non-hydrogen) atoms. The van der Waals surface area contributed by atoms with Crippen LogP contribution in [0.25, 0.3) is 0 Å². The average Bonchev–Trinajstić information content (AvgIpc) is 2.84. The number of carbonyl (C=O) groups is 6. The molecule has 0 spiro atoms. The van der Waals surface area contributed by atoms with Crippen molar-refractivity contribution < 1.29 is 49.2 Å². The van der Waals surface area contributed by atoms with Crippen LogP contribution in [0.3, 0.4) is 0 Å². The van der Waals surface area contributed by atoms with Gasteiger partial charge in [-0.3, -0.25) is 9.59 Å². The lowest BCUT2D eigenvalue weighted by Gasteiger charge is -2.11. The highest BCUT2D eigenvalue weighted by Crippen LogP contribution is 2.20. The van der Waals surface area contributed by atoms with Crippen molar-refractivity contribution in [3.05, 3.63) is 94.0 Å². The van der Waals surface area contributed by atoms with E-state index in [1.807, 2.05) is 0 Å². The van der Waals surface area contributed by atoms with E-state index in [2.05, 4.69) is 10.6 Å². The number of carboxylic acid groups (broad SMARTS) is 4. The second-order valence-electron chi connectivity index (χ2n) is 7.23. The summed E-state index contributed by atoms with van der Waals surface area (Å²) in [5, 5.41) is 41.6. The van der Waals surface area contributed by atoms with Gasteiger partial charge in [0.05, 0.1) is 33.4 Å². The van der Waals surface area contributed by atoms with Crippen LogP contribution >= 0.6 is 0 Å². The van der Waals surface area contributed by atoms with Crippen molar-refractivity contribution in [2.45, 2.75) is 0 Å². The molecule has 0 unspecified atom stereocenters. The number of nitrogens with one attached hydrogen (secondary N) is 2. The van der Waals surface area contributed by atoms with Gasteiger partial charge in [0.2, 0.25) is 0 Å². The minimum absolute atomic E-state index is 0.175. The fraction of sp³-hybridized carbons (Fsp3) is 0. The van der Waals surface area contributed by atoms with Gasteiger partial charge >= 0.3 is 23.9 Å². The lowest BCUT2D eigenvalue weighted by molar-refractivity contribution is 0.0679. The summed E-state index contributed by atoms with van der Waals surface area (Å²) in [6.07, 6.45) is 0. The maximum absolute atomic E-state index is 12.6. The Hall–Kier alpha value is -5.52. The smallest absolute Gasteiger partial charge is 0.336 e. The van der Waals surface area contributed by atoms with E-state index in [9.17, 15) is 39.0 Å². The molecule has 12 nitrogen and oxygen atoms in total. The topological polar surface area (TPSA) is 207 Å². The lowest BCUT2D eigenvalue weighted by atomic mass is 10.0. The molecule has 12 heteroatoms. The molecule has 0 aliphatic rings. The zero-order valence-electron chi connectivity index (χ0n) is 18.0. The van der Waals surface area contributed by atoms with Gasteiger partial charge in [-0.1, -0.05) is 0 Å². The number of amides is 2. The molecule has 0 saturated carbocycles. The summed E-state index contributed by atoms with van der Waals surface area (Å²) in [4.78, 5) is 70.4. The molecule has 0 aliphatic carbocycles. The molecule has 0 bridgehead atoms. The molecule has 3 rings (SSSR count). The predicted molar refractivity (Wildman–Crippen MR) is 123 cm³/mol. The number of rotatable bonds is 8. The van der Waals surface area contributed by atoms with Crippen LogP contribution in [0.4, 0.5) is 11.4 Å².